The van der Waals surface area contributed by atoms with E-state index in [1.165, 1.54) is 17.0 Å². The normalized spacial score (nSPS) is 11.2. The highest BCUT2D eigenvalue weighted by Gasteiger charge is 2.20. The molecule has 40 heavy (non-hydrogen) atoms. The number of rotatable bonds is 10. The van der Waals surface area contributed by atoms with Crippen LogP contribution in [0.4, 0.5) is 20.3 Å². The SMILES string of the molecule is Cc1cc(N(C)CCN(C)C)nc2ccc(N(Cc3ccc(F)c(F)c3)C(=O)COc3ccc(Cl)cc3Cl)cc12. The van der Waals surface area contributed by atoms with Gasteiger partial charge in [-0.05, 0) is 86.7 Å². The number of anilines is 2. The van der Waals surface area contributed by atoms with E-state index in [1.807, 2.05) is 46.3 Å². The molecule has 0 aliphatic heterocycles. The highest BCUT2D eigenvalue weighted by atomic mass is 35.5. The fraction of sp³-hybridized carbons (Fsp3) is 0.267. The highest BCUT2D eigenvalue weighted by molar-refractivity contribution is 6.35. The minimum Gasteiger partial charge on any atom is -0.482 e. The van der Waals surface area contributed by atoms with Gasteiger partial charge in [-0.1, -0.05) is 29.3 Å². The Morgan fingerprint density at radius 3 is 2.40 bits per heavy atom. The van der Waals surface area contributed by atoms with Gasteiger partial charge in [-0.25, -0.2) is 13.8 Å². The maximum atomic E-state index is 14.0. The Bertz CT molecular complexity index is 1530. The van der Waals surface area contributed by atoms with Gasteiger partial charge in [0, 0.05) is 36.2 Å². The summed E-state index contributed by atoms with van der Waals surface area (Å²) in [4.78, 5) is 24.0. The molecule has 0 saturated carbocycles. The number of carbonyl (C=O) groups is 1. The lowest BCUT2D eigenvalue weighted by molar-refractivity contribution is -0.120. The van der Waals surface area contributed by atoms with E-state index in [1.54, 1.807) is 18.2 Å². The van der Waals surface area contributed by atoms with Gasteiger partial charge in [-0.3, -0.25) is 4.79 Å². The third kappa shape index (κ3) is 7.18. The number of likely N-dealkylation sites (N-methyl/N-ethyl adjacent to an activating group) is 2. The second-order valence-electron chi connectivity index (χ2n) is 9.82. The fourth-order valence-corrected chi connectivity index (χ4v) is 4.61. The van der Waals surface area contributed by atoms with E-state index >= 15 is 0 Å². The Balaban J connectivity index is 1.65. The number of ether oxygens (including phenoxy) is 1. The number of aryl methyl sites for hydroxylation is 1. The summed E-state index contributed by atoms with van der Waals surface area (Å²) in [5.41, 5.74) is 2.75. The Labute approximate surface area is 242 Å². The summed E-state index contributed by atoms with van der Waals surface area (Å²) < 4.78 is 33.3. The molecule has 0 bridgehead atoms. The van der Waals surface area contributed by atoms with Crippen LogP contribution in [-0.2, 0) is 11.3 Å². The monoisotopic (exact) mass is 586 g/mol. The molecule has 0 radical (unpaired) electrons. The molecule has 0 aliphatic rings. The predicted octanol–water partition coefficient (Wildman–Crippen LogP) is 6.74. The van der Waals surface area contributed by atoms with Gasteiger partial charge >= 0.3 is 0 Å². The van der Waals surface area contributed by atoms with Crippen molar-refractivity contribution >= 4 is 51.5 Å². The number of halogens is 4. The topological polar surface area (TPSA) is 48.9 Å². The first-order valence-electron chi connectivity index (χ1n) is 12.6. The fourth-order valence-electron chi connectivity index (χ4n) is 4.15. The Morgan fingerprint density at radius 1 is 0.925 bits per heavy atom. The van der Waals surface area contributed by atoms with Gasteiger partial charge in [0.05, 0.1) is 17.1 Å². The Kier molecular flexibility index (Phi) is 9.45. The van der Waals surface area contributed by atoms with Gasteiger partial charge in [0.2, 0.25) is 0 Å². The number of amides is 1. The summed E-state index contributed by atoms with van der Waals surface area (Å²) in [5.74, 6) is -1.19. The van der Waals surface area contributed by atoms with Gasteiger partial charge in [0.25, 0.3) is 5.91 Å². The van der Waals surface area contributed by atoms with E-state index in [-0.39, 0.29) is 18.2 Å². The molecular weight excluding hydrogens is 557 g/mol. The quantitative estimate of drug-likeness (QED) is 0.206. The van der Waals surface area contributed by atoms with Gasteiger partial charge < -0.3 is 19.4 Å². The average molecular weight is 587 g/mol. The van der Waals surface area contributed by atoms with Crippen LogP contribution in [-0.4, -0.2) is 56.6 Å². The van der Waals surface area contributed by atoms with E-state index in [9.17, 15) is 13.6 Å². The van der Waals surface area contributed by atoms with Crippen molar-refractivity contribution < 1.29 is 18.3 Å². The van der Waals surface area contributed by atoms with Crippen LogP contribution >= 0.6 is 23.2 Å². The number of hydrogen-bond donors (Lipinski definition) is 0. The molecule has 3 aromatic carbocycles. The zero-order valence-electron chi connectivity index (χ0n) is 22.7. The number of fused-ring (bicyclic) bond motifs is 1. The van der Waals surface area contributed by atoms with Crippen LogP contribution in [0.15, 0.2) is 60.7 Å². The molecule has 1 amide bonds. The van der Waals surface area contributed by atoms with Gasteiger partial charge in [0.1, 0.15) is 11.6 Å². The zero-order chi connectivity index (χ0) is 29.0. The van der Waals surface area contributed by atoms with Crippen LogP contribution in [0.3, 0.4) is 0 Å². The van der Waals surface area contributed by atoms with E-state index in [0.29, 0.717) is 22.0 Å². The molecule has 1 heterocycles. The molecule has 0 atom stereocenters. The second kappa shape index (κ2) is 12.8. The molecule has 6 nitrogen and oxygen atoms in total. The van der Waals surface area contributed by atoms with Crippen molar-refractivity contribution in [3.8, 4) is 5.75 Å². The van der Waals surface area contributed by atoms with Gasteiger partial charge in [-0.15, -0.1) is 0 Å². The number of carbonyl (C=O) groups excluding carboxylic acids is 1. The first-order valence-corrected chi connectivity index (χ1v) is 13.4. The summed E-state index contributed by atoms with van der Waals surface area (Å²) in [6, 6.07) is 15.8. The summed E-state index contributed by atoms with van der Waals surface area (Å²) >= 11 is 12.2. The van der Waals surface area contributed by atoms with Crippen LogP contribution in [0.1, 0.15) is 11.1 Å². The lowest BCUT2D eigenvalue weighted by Gasteiger charge is -2.25. The van der Waals surface area contributed by atoms with Gasteiger partial charge in [0.15, 0.2) is 18.2 Å². The molecule has 0 fully saturated rings. The van der Waals surface area contributed by atoms with Crippen molar-refractivity contribution in [1.29, 1.82) is 0 Å². The lowest BCUT2D eigenvalue weighted by atomic mass is 10.1. The Hall–Kier alpha value is -3.46. The van der Waals surface area contributed by atoms with Crippen molar-refractivity contribution in [2.45, 2.75) is 13.5 Å². The minimum absolute atomic E-state index is 0.00289. The van der Waals surface area contributed by atoms with Gasteiger partial charge in [-0.2, -0.15) is 0 Å². The molecular formula is C30H30Cl2F2N4O2. The van der Waals surface area contributed by atoms with Crippen LogP contribution in [0, 0.1) is 18.6 Å². The van der Waals surface area contributed by atoms with Crippen LogP contribution in [0.25, 0.3) is 10.9 Å². The minimum atomic E-state index is -0.987. The standard InChI is InChI=1S/C30H30Cl2F2N4O2/c1-19-13-29(37(4)12-11-36(2)3)35-27-9-7-22(16-23(19)27)38(17-20-5-8-25(33)26(34)14-20)30(39)18-40-28-10-6-21(31)15-24(28)32/h5-10,13-16H,11-12,17-18H2,1-4H3. The van der Waals surface area contributed by atoms with Crippen molar-refractivity contribution in [3.05, 3.63) is 93.5 Å². The Morgan fingerprint density at radius 2 is 1.70 bits per heavy atom. The van der Waals surface area contributed by atoms with E-state index in [0.717, 1.165) is 47.5 Å². The molecule has 210 valence electrons. The van der Waals surface area contributed by atoms with Crippen molar-refractivity contribution in [1.82, 2.24) is 9.88 Å². The number of nitrogens with zero attached hydrogens (tertiary/aromatic N) is 4. The van der Waals surface area contributed by atoms with E-state index in [2.05, 4.69) is 9.80 Å². The molecule has 4 rings (SSSR count). The molecule has 0 aliphatic carbocycles. The third-order valence-electron chi connectivity index (χ3n) is 6.44. The summed E-state index contributed by atoms with van der Waals surface area (Å²) in [6.45, 7) is 3.35. The van der Waals surface area contributed by atoms with Crippen molar-refractivity contribution in [3.63, 3.8) is 0 Å². The highest BCUT2D eigenvalue weighted by Crippen LogP contribution is 2.30. The number of benzene rings is 3. The van der Waals surface area contributed by atoms with Crippen LogP contribution in [0.5, 0.6) is 5.75 Å². The largest absolute Gasteiger partial charge is 0.482 e. The van der Waals surface area contributed by atoms with Crippen molar-refractivity contribution in [2.75, 3.05) is 50.6 Å². The molecule has 10 heteroatoms. The number of aromatic nitrogens is 1. The third-order valence-corrected chi connectivity index (χ3v) is 6.97. The van der Waals surface area contributed by atoms with E-state index in [4.69, 9.17) is 32.9 Å². The van der Waals surface area contributed by atoms with Crippen molar-refractivity contribution in [2.24, 2.45) is 0 Å². The summed E-state index contributed by atoms with van der Waals surface area (Å²) in [5, 5.41) is 1.58. The molecule has 1 aromatic heterocycles. The first kappa shape index (κ1) is 29.5. The molecule has 4 aromatic rings. The lowest BCUT2D eigenvalue weighted by Crippen LogP contribution is -2.34. The number of hydrogen-bond acceptors (Lipinski definition) is 5. The maximum Gasteiger partial charge on any atom is 0.265 e. The average Bonchev–Trinajstić information content (AvgIpc) is 2.91. The summed E-state index contributed by atoms with van der Waals surface area (Å²) in [7, 11) is 6.05. The zero-order valence-corrected chi connectivity index (χ0v) is 24.2. The molecule has 0 N–H and O–H groups in total. The maximum absolute atomic E-state index is 14.0. The molecule has 0 unspecified atom stereocenters. The van der Waals surface area contributed by atoms with Crippen LogP contribution < -0.4 is 14.5 Å². The first-order chi connectivity index (χ1) is 19.0. The smallest absolute Gasteiger partial charge is 0.265 e. The number of pyridine rings is 1. The van der Waals surface area contributed by atoms with E-state index < -0.39 is 17.5 Å². The predicted molar refractivity (Wildman–Crippen MR) is 158 cm³/mol. The molecule has 0 spiro atoms. The summed E-state index contributed by atoms with van der Waals surface area (Å²) in [6.07, 6.45) is 0. The molecule has 0 saturated heterocycles. The van der Waals surface area contributed by atoms with Crippen LogP contribution in [0.2, 0.25) is 10.0 Å². The second-order valence-corrected chi connectivity index (χ2v) is 10.7.